The van der Waals surface area contributed by atoms with Crippen LogP contribution in [0.15, 0.2) is 0 Å². The molecule has 2 atom stereocenters. The van der Waals surface area contributed by atoms with Gasteiger partial charge in [0.2, 0.25) is 0 Å². The van der Waals surface area contributed by atoms with E-state index in [1.165, 1.54) is 0 Å². The minimum absolute atomic E-state index is 0.0103. The summed E-state index contributed by atoms with van der Waals surface area (Å²) in [5.74, 6) is -0.0524. The zero-order valence-corrected chi connectivity index (χ0v) is 13.5. The van der Waals surface area contributed by atoms with Crippen LogP contribution >= 0.6 is 0 Å². The molecule has 0 spiro atoms. The Labute approximate surface area is 114 Å². The van der Waals surface area contributed by atoms with Gasteiger partial charge in [-0.3, -0.25) is 0 Å². The van der Waals surface area contributed by atoms with Gasteiger partial charge >= 0.3 is 0 Å². The third kappa shape index (κ3) is 9.06. The van der Waals surface area contributed by atoms with Crippen molar-refractivity contribution in [1.82, 2.24) is 0 Å². The van der Waals surface area contributed by atoms with Crippen LogP contribution in [0.5, 0.6) is 0 Å². The van der Waals surface area contributed by atoms with Gasteiger partial charge < -0.3 is 0 Å². The van der Waals surface area contributed by atoms with Crippen LogP contribution in [0.2, 0.25) is 0 Å². The first-order chi connectivity index (χ1) is 8.10. The Morgan fingerprint density at radius 1 is 0.889 bits per heavy atom. The summed E-state index contributed by atoms with van der Waals surface area (Å²) in [5, 5.41) is 18.3. The molecule has 0 aliphatic heterocycles. The summed E-state index contributed by atoms with van der Waals surface area (Å²) in [6.07, 6.45) is 1.55. The van der Waals surface area contributed by atoms with Crippen LogP contribution in [-0.4, -0.2) is 0 Å². The molecular weight excluding hydrogens is 220 g/mol. The lowest BCUT2D eigenvalue weighted by Gasteiger charge is -2.28. The third-order valence-corrected chi connectivity index (χ3v) is 2.76. The van der Waals surface area contributed by atoms with Crippen molar-refractivity contribution in [2.24, 2.45) is 22.7 Å². The van der Waals surface area contributed by atoms with E-state index >= 15 is 0 Å². The van der Waals surface area contributed by atoms with E-state index in [1.54, 1.807) is 0 Å². The highest BCUT2D eigenvalue weighted by atomic mass is 14.4. The number of rotatable bonds is 3. The van der Waals surface area contributed by atoms with E-state index in [-0.39, 0.29) is 22.7 Å². The van der Waals surface area contributed by atoms with Crippen molar-refractivity contribution in [2.45, 2.75) is 68.2 Å². The van der Waals surface area contributed by atoms with E-state index < -0.39 is 0 Å². The smallest absolute Gasteiger partial charge is 0.0661 e. The first-order valence-electron chi connectivity index (χ1n) is 6.89. The summed E-state index contributed by atoms with van der Waals surface area (Å²) in [5.41, 5.74) is 0.111. The SMILES string of the molecule is CC.CC(C)(C)CC(C#N)CC(C#N)C(C)(C)C. The Morgan fingerprint density at radius 3 is 1.56 bits per heavy atom. The molecule has 0 aromatic carbocycles. The molecule has 0 radical (unpaired) electrons. The van der Waals surface area contributed by atoms with Crippen LogP contribution < -0.4 is 0 Å². The standard InChI is InChI=1S/C14H24N2.C2H6/c1-13(2,3)8-11(9-15)7-12(10-16)14(4,5)6;1-2/h11-12H,7-8H2,1-6H3;1-2H3. The normalized spacial score (nSPS) is 14.6. The lowest BCUT2D eigenvalue weighted by molar-refractivity contribution is 0.234. The third-order valence-electron chi connectivity index (χ3n) is 2.76. The van der Waals surface area contributed by atoms with E-state index in [2.05, 4.69) is 53.7 Å². The molecule has 0 amide bonds. The fourth-order valence-corrected chi connectivity index (χ4v) is 1.81. The van der Waals surface area contributed by atoms with Gasteiger partial charge in [0.25, 0.3) is 0 Å². The molecule has 18 heavy (non-hydrogen) atoms. The van der Waals surface area contributed by atoms with Crippen molar-refractivity contribution in [3.05, 3.63) is 0 Å². The van der Waals surface area contributed by atoms with Crippen LogP contribution in [-0.2, 0) is 0 Å². The van der Waals surface area contributed by atoms with Gasteiger partial charge in [0, 0.05) is 5.92 Å². The van der Waals surface area contributed by atoms with Crippen molar-refractivity contribution in [1.29, 1.82) is 10.5 Å². The van der Waals surface area contributed by atoms with E-state index in [9.17, 15) is 0 Å². The van der Waals surface area contributed by atoms with E-state index in [1.807, 2.05) is 13.8 Å². The van der Waals surface area contributed by atoms with Crippen molar-refractivity contribution in [3.63, 3.8) is 0 Å². The zero-order valence-electron chi connectivity index (χ0n) is 13.5. The average Bonchev–Trinajstić information content (AvgIpc) is 2.23. The molecule has 0 bridgehead atoms. The molecule has 0 fully saturated rings. The molecule has 2 unspecified atom stereocenters. The fourth-order valence-electron chi connectivity index (χ4n) is 1.81. The molecular formula is C16H30N2. The maximum Gasteiger partial charge on any atom is 0.0661 e. The van der Waals surface area contributed by atoms with Gasteiger partial charge in [0.05, 0.1) is 18.1 Å². The molecule has 0 aromatic heterocycles. The second kappa shape index (κ2) is 8.15. The van der Waals surface area contributed by atoms with Gasteiger partial charge in [-0.2, -0.15) is 10.5 Å². The number of nitriles is 2. The van der Waals surface area contributed by atoms with Crippen LogP contribution in [0.3, 0.4) is 0 Å². The summed E-state index contributed by atoms with van der Waals surface area (Å²) in [6.45, 7) is 16.6. The zero-order chi connectivity index (χ0) is 15.0. The van der Waals surface area contributed by atoms with Gasteiger partial charge in [-0.05, 0) is 23.7 Å². The maximum absolute atomic E-state index is 9.14. The van der Waals surface area contributed by atoms with Gasteiger partial charge in [-0.15, -0.1) is 0 Å². The molecule has 0 saturated heterocycles. The largest absolute Gasteiger partial charge is 0.198 e. The van der Waals surface area contributed by atoms with E-state index in [0.717, 1.165) is 6.42 Å². The van der Waals surface area contributed by atoms with Crippen molar-refractivity contribution < 1.29 is 0 Å². The molecule has 0 aliphatic rings. The van der Waals surface area contributed by atoms with E-state index in [4.69, 9.17) is 10.5 Å². The molecule has 0 saturated carbocycles. The second-order valence-electron chi connectivity index (χ2n) is 6.87. The van der Waals surface area contributed by atoms with Gasteiger partial charge in [-0.1, -0.05) is 55.4 Å². The van der Waals surface area contributed by atoms with Crippen LogP contribution in [0.4, 0.5) is 0 Å². The van der Waals surface area contributed by atoms with Gasteiger partial charge in [0.15, 0.2) is 0 Å². The summed E-state index contributed by atoms with van der Waals surface area (Å²) in [6, 6.07) is 4.69. The molecule has 2 heteroatoms. The monoisotopic (exact) mass is 250 g/mol. The maximum atomic E-state index is 9.14. The summed E-state index contributed by atoms with van der Waals surface area (Å²) < 4.78 is 0. The molecule has 2 nitrogen and oxygen atoms in total. The fraction of sp³-hybridized carbons (Fsp3) is 0.875. The second-order valence-corrected chi connectivity index (χ2v) is 6.87. The predicted molar refractivity (Wildman–Crippen MR) is 77.7 cm³/mol. The van der Waals surface area contributed by atoms with E-state index in [0.29, 0.717) is 6.42 Å². The van der Waals surface area contributed by atoms with Crippen molar-refractivity contribution in [3.8, 4) is 12.1 Å². The van der Waals surface area contributed by atoms with Crippen LogP contribution in [0.1, 0.15) is 68.2 Å². The van der Waals surface area contributed by atoms with Gasteiger partial charge in [-0.25, -0.2) is 0 Å². The highest BCUT2D eigenvalue weighted by Crippen LogP contribution is 2.34. The molecule has 0 N–H and O–H groups in total. The molecule has 104 valence electrons. The minimum atomic E-state index is -0.0421. The number of hydrogen-bond donors (Lipinski definition) is 0. The molecule has 0 rings (SSSR count). The number of hydrogen-bond acceptors (Lipinski definition) is 2. The summed E-state index contributed by atoms with van der Waals surface area (Å²) >= 11 is 0. The summed E-state index contributed by atoms with van der Waals surface area (Å²) in [4.78, 5) is 0. The lowest BCUT2D eigenvalue weighted by atomic mass is 9.74. The van der Waals surface area contributed by atoms with Crippen LogP contribution in [0, 0.1) is 45.3 Å². The van der Waals surface area contributed by atoms with Crippen molar-refractivity contribution >= 4 is 0 Å². The first kappa shape index (κ1) is 19.3. The quantitative estimate of drug-likeness (QED) is 0.694. The molecule has 0 aliphatic carbocycles. The predicted octanol–water partition coefficient (Wildman–Crippen LogP) is 5.16. The Balaban J connectivity index is 0. The highest BCUT2D eigenvalue weighted by Gasteiger charge is 2.29. The Morgan fingerprint density at radius 2 is 1.33 bits per heavy atom. The minimum Gasteiger partial charge on any atom is -0.198 e. The highest BCUT2D eigenvalue weighted by molar-refractivity contribution is 4.97. The Bertz CT molecular complexity index is 291. The Hall–Kier alpha value is -1.02. The molecule has 0 aromatic rings. The van der Waals surface area contributed by atoms with Crippen molar-refractivity contribution in [2.75, 3.05) is 0 Å². The Kier molecular flexibility index (Phi) is 8.75. The first-order valence-corrected chi connectivity index (χ1v) is 6.89. The van der Waals surface area contributed by atoms with Gasteiger partial charge in [0.1, 0.15) is 0 Å². The number of nitrogens with zero attached hydrogens (tertiary/aromatic N) is 2. The average molecular weight is 250 g/mol. The topological polar surface area (TPSA) is 47.6 Å². The van der Waals surface area contributed by atoms with Crippen LogP contribution in [0.25, 0.3) is 0 Å². The molecule has 0 heterocycles. The lowest BCUT2D eigenvalue weighted by Crippen LogP contribution is -2.23. The summed E-state index contributed by atoms with van der Waals surface area (Å²) in [7, 11) is 0.